The Kier molecular flexibility index (Phi) is 5.04. The van der Waals surface area contributed by atoms with E-state index in [1.165, 1.54) is 6.20 Å². The molecule has 0 unspecified atom stereocenters. The number of carbonyl (C=O) groups excluding carboxylic acids is 2. The summed E-state index contributed by atoms with van der Waals surface area (Å²) < 4.78 is 52.6. The highest BCUT2D eigenvalue weighted by atomic mass is 32.2. The van der Waals surface area contributed by atoms with Crippen LogP contribution in [0.15, 0.2) is 59.6 Å². The minimum atomic E-state index is -4.74. The number of aromatic amines is 1. The Balaban J connectivity index is 1.68. The summed E-state index contributed by atoms with van der Waals surface area (Å²) in [4.78, 5) is 26.6. The fraction of sp³-hybridized carbons (Fsp3) is 0.111. The molecule has 3 aromatic rings. The number of alkyl halides is 2. The van der Waals surface area contributed by atoms with Crippen LogP contribution in [0.2, 0.25) is 0 Å². The second-order valence-corrected chi connectivity index (χ2v) is 7.50. The lowest BCUT2D eigenvalue weighted by atomic mass is 10.1. The van der Waals surface area contributed by atoms with E-state index in [2.05, 4.69) is 4.98 Å². The van der Waals surface area contributed by atoms with Gasteiger partial charge in [0.1, 0.15) is 0 Å². The van der Waals surface area contributed by atoms with E-state index in [1.54, 1.807) is 18.2 Å². The zero-order valence-corrected chi connectivity index (χ0v) is 14.5. The summed E-state index contributed by atoms with van der Waals surface area (Å²) in [7, 11) is -4.74. The van der Waals surface area contributed by atoms with Gasteiger partial charge in [0.25, 0.3) is 0 Å². The Hall–Kier alpha value is -3.07. The smallest absolute Gasteiger partial charge is 0.341 e. The van der Waals surface area contributed by atoms with Gasteiger partial charge >= 0.3 is 11.7 Å². The second kappa shape index (κ2) is 7.28. The summed E-state index contributed by atoms with van der Waals surface area (Å²) in [5.41, 5.74) is 1.08. The molecule has 1 N–H and O–H groups in total. The van der Waals surface area contributed by atoms with E-state index in [0.717, 1.165) is 29.8 Å². The molecule has 1 aromatic heterocycles. The number of hydrogen-bond acceptors (Lipinski definition) is 5. The van der Waals surface area contributed by atoms with Crippen molar-refractivity contribution in [2.45, 2.75) is 10.7 Å². The number of sulfone groups is 1. The predicted octanol–water partition coefficient (Wildman–Crippen LogP) is 3.20. The molecule has 0 radical (unpaired) electrons. The summed E-state index contributed by atoms with van der Waals surface area (Å²) in [6.07, 6.45) is 1.52. The molecule has 6 nitrogen and oxygen atoms in total. The van der Waals surface area contributed by atoms with Gasteiger partial charge in [-0.1, -0.05) is 18.2 Å². The fourth-order valence-corrected chi connectivity index (χ4v) is 3.20. The molecule has 0 aliphatic carbocycles. The van der Waals surface area contributed by atoms with Crippen LogP contribution in [0.25, 0.3) is 10.9 Å². The molecule has 0 saturated heterocycles. The van der Waals surface area contributed by atoms with E-state index in [4.69, 9.17) is 4.74 Å². The second-order valence-electron chi connectivity index (χ2n) is 5.58. The zero-order chi connectivity index (χ0) is 19.6. The number of ether oxygens (including phenoxy) is 1. The number of carbonyl (C=O) groups is 2. The van der Waals surface area contributed by atoms with Crippen molar-refractivity contribution in [1.82, 2.24) is 4.98 Å². The number of para-hydroxylation sites is 1. The first-order valence-electron chi connectivity index (χ1n) is 7.69. The number of fused-ring (bicyclic) bond motifs is 1. The van der Waals surface area contributed by atoms with Gasteiger partial charge < -0.3 is 9.72 Å². The van der Waals surface area contributed by atoms with E-state index in [9.17, 15) is 26.8 Å². The summed E-state index contributed by atoms with van der Waals surface area (Å²) in [5.74, 6) is -4.84. The van der Waals surface area contributed by atoms with Crippen LogP contribution in [0, 0.1) is 0 Å². The highest BCUT2D eigenvalue weighted by molar-refractivity contribution is 7.91. The third-order valence-electron chi connectivity index (χ3n) is 3.88. The Morgan fingerprint density at radius 3 is 2.37 bits per heavy atom. The van der Waals surface area contributed by atoms with Crippen molar-refractivity contribution in [2.24, 2.45) is 0 Å². The topological polar surface area (TPSA) is 93.3 Å². The molecule has 0 amide bonds. The van der Waals surface area contributed by atoms with Crippen molar-refractivity contribution < 1.29 is 31.5 Å². The number of benzene rings is 2. The Labute approximate surface area is 152 Å². The molecular weight excluding hydrogens is 380 g/mol. The maximum absolute atomic E-state index is 12.5. The molecule has 2 aromatic carbocycles. The largest absolute Gasteiger partial charge is 0.454 e. The highest BCUT2D eigenvalue weighted by Crippen LogP contribution is 2.20. The van der Waals surface area contributed by atoms with Crippen LogP contribution >= 0.6 is 0 Å². The van der Waals surface area contributed by atoms with Crippen molar-refractivity contribution in [1.29, 1.82) is 0 Å². The highest BCUT2D eigenvalue weighted by Gasteiger charge is 2.26. The van der Waals surface area contributed by atoms with E-state index in [1.807, 2.05) is 6.07 Å². The normalized spacial score (nSPS) is 11.7. The number of ketones is 1. The zero-order valence-electron chi connectivity index (χ0n) is 13.7. The van der Waals surface area contributed by atoms with Crippen LogP contribution in [-0.2, 0) is 14.6 Å². The molecule has 0 aliphatic heterocycles. The van der Waals surface area contributed by atoms with Gasteiger partial charge in [0.05, 0.1) is 10.5 Å². The van der Waals surface area contributed by atoms with Gasteiger partial charge in [-0.15, -0.1) is 0 Å². The van der Waals surface area contributed by atoms with Gasteiger partial charge in [0, 0.05) is 22.7 Å². The van der Waals surface area contributed by atoms with Crippen LogP contribution in [0.3, 0.4) is 0 Å². The van der Waals surface area contributed by atoms with Crippen LogP contribution in [-0.4, -0.2) is 37.5 Å². The third-order valence-corrected chi connectivity index (χ3v) is 5.28. The van der Waals surface area contributed by atoms with E-state index in [0.29, 0.717) is 10.9 Å². The standard InChI is InChI=1S/C18H13F2NO5S/c19-18(20)27(24,25)12-7-5-11(6-8-12)17(23)26-10-16(22)14-9-21-15-4-2-1-3-13(14)15/h1-9,18,21H,10H2. The first-order chi connectivity index (χ1) is 12.8. The summed E-state index contributed by atoms with van der Waals surface area (Å²) in [6, 6.07) is 11.0. The first kappa shape index (κ1) is 18.7. The molecule has 9 heteroatoms. The molecule has 0 atom stereocenters. The van der Waals surface area contributed by atoms with Crippen LogP contribution in [0.4, 0.5) is 8.78 Å². The SMILES string of the molecule is O=C(OCC(=O)c1c[nH]c2ccccc12)c1ccc(S(=O)(=O)C(F)F)cc1. The van der Waals surface area contributed by atoms with Crippen molar-refractivity contribution >= 4 is 32.5 Å². The Morgan fingerprint density at radius 1 is 1.04 bits per heavy atom. The molecule has 1 heterocycles. The van der Waals surface area contributed by atoms with Crippen molar-refractivity contribution in [3.05, 3.63) is 65.9 Å². The number of halogens is 2. The lowest BCUT2D eigenvalue weighted by Crippen LogP contribution is -2.15. The summed E-state index contributed by atoms with van der Waals surface area (Å²) >= 11 is 0. The maximum Gasteiger partial charge on any atom is 0.341 e. The van der Waals surface area contributed by atoms with E-state index < -0.39 is 38.8 Å². The fourth-order valence-electron chi connectivity index (χ4n) is 2.48. The quantitative estimate of drug-likeness (QED) is 0.513. The average molecular weight is 393 g/mol. The number of H-pyrrole nitrogens is 1. The average Bonchev–Trinajstić information content (AvgIpc) is 3.10. The Bertz CT molecular complexity index is 1100. The maximum atomic E-state index is 12.5. The molecule has 3 rings (SSSR count). The lowest BCUT2D eigenvalue weighted by Gasteiger charge is -2.06. The number of esters is 1. The molecule has 0 fully saturated rings. The van der Waals surface area contributed by atoms with Gasteiger partial charge in [-0.25, -0.2) is 13.2 Å². The monoisotopic (exact) mass is 393 g/mol. The Morgan fingerprint density at radius 2 is 1.70 bits per heavy atom. The third kappa shape index (κ3) is 3.72. The molecule has 0 spiro atoms. The van der Waals surface area contributed by atoms with Crippen molar-refractivity contribution in [3.63, 3.8) is 0 Å². The number of rotatable bonds is 6. The number of nitrogens with one attached hydrogen (secondary N) is 1. The predicted molar refractivity (Wildman–Crippen MR) is 92.5 cm³/mol. The molecular formula is C18H13F2NO5S. The number of aromatic nitrogens is 1. The molecule has 0 aliphatic rings. The lowest BCUT2D eigenvalue weighted by molar-refractivity contribution is 0.0475. The first-order valence-corrected chi connectivity index (χ1v) is 9.24. The molecule has 0 saturated carbocycles. The van der Waals surface area contributed by atoms with Crippen LogP contribution < -0.4 is 0 Å². The minimum absolute atomic E-state index is 0.0602. The summed E-state index contributed by atoms with van der Waals surface area (Å²) in [5, 5.41) is 0.695. The minimum Gasteiger partial charge on any atom is -0.454 e. The van der Waals surface area contributed by atoms with E-state index >= 15 is 0 Å². The van der Waals surface area contributed by atoms with Gasteiger partial charge in [0.2, 0.25) is 15.6 Å². The molecule has 140 valence electrons. The number of hydrogen-bond donors (Lipinski definition) is 1. The van der Waals surface area contributed by atoms with Crippen molar-refractivity contribution in [3.8, 4) is 0 Å². The molecule has 0 bridgehead atoms. The van der Waals surface area contributed by atoms with Crippen LogP contribution in [0.1, 0.15) is 20.7 Å². The number of Topliss-reactive ketones (excluding diaryl/α,β-unsaturated/α-hetero) is 1. The van der Waals surface area contributed by atoms with Gasteiger partial charge in [0.15, 0.2) is 6.61 Å². The van der Waals surface area contributed by atoms with Crippen LogP contribution in [0.5, 0.6) is 0 Å². The summed E-state index contributed by atoms with van der Waals surface area (Å²) in [6.45, 7) is -0.516. The molecule has 27 heavy (non-hydrogen) atoms. The van der Waals surface area contributed by atoms with Gasteiger partial charge in [-0.2, -0.15) is 8.78 Å². The van der Waals surface area contributed by atoms with E-state index in [-0.39, 0.29) is 5.56 Å². The van der Waals surface area contributed by atoms with Gasteiger partial charge in [-0.05, 0) is 30.3 Å². The van der Waals surface area contributed by atoms with Gasteiger partial charge in [-0.3, -0.25) is 4.79 Å². The van der Waals surface area contributed by atoms with Crippen molar-refractivity contribution in [2.75, 3.05) is 6.61 Å².